The first kappa shape index (κ1) is 20.2. The summed E-state index contributed by atoms with van der Waals surface area (Å²) in [5, 5.41) is 7.94. The van der Waals surface area contributed by atoms with Crippen LogP contribution in [-0.4, -0.2) is 26.8 Å². The number of nitrogens with two attached hydrogens (primary N) is 1. The van der Waals surface area contributed by atoms with Gasteiger partial charge in [0.1, 0.15) is 6.33 Å². The zero-order valence-corrected chi connectivity index (χ0v) is 17.4. The van der Waals surface area contributed by atoms with Crippen LogP contribution in [0.3, 0.4) is 0 Å². The monoisotopic (exact) mass is 427 g/mol. The molecule has 0 saturated carbocycles. The maximum absolute atomic E-state index is 12.9. The third-order valence-corrected chi connectivity index (χ3v) is 6.05. The maximum Gasteiger partial charge on any atom is 0.346 e. The molecule has 7 nitrogen and oxygen atoms in total. The van der Waals surface area contributed by atoms with Crippen LogP contribution in [0.1, 0.15) is 23.1 Å². The molecule has 2 N–H and O–H groups in total. The molecule has 156 valence electrons. The Balaban J connectivity index is 1.67. The molecule has 0 saturated heterocycles. The van der Waals surface area contributed by atoms with E-state index in [2.05, 4.69) is 11.2 Å². The van der Waals surface area contributed by atoms with E-state index < -0.39 is 0 Å². The number of para-hydroxylation sites is 1. The van der Waals surface area contributed by atoms with E-state index in [9.17, 15) is 14.0 Å². The highest BCUT2D eigenvalue weighted by atomic mass is 32.1. The fraction of sp³-hybridized carbons (Fsp3) is 0.286. The fourth-order valence-electron chi connectivity index (χ4n) is 3.71. The van der Waals surface area contributed by atoms with Gasteiger partial charge in [0, 0.05) is 23.9 Å². The van der Waals surface area contributed by atoms with Crippen LogP contribution < -0.4 is 16.3 Å². The number of benzene rings is 1. The first-order valence-corrected chi connectivity index (χ1v) is 10.5. The van der Waals surface area contributed by atoms with Crippen LogP contribution in [0.25, 0.3) is 0 Å². The van der Waals surface area contributed by atoms with Crippen molar-refractivity contribution in [1.82, 2.24) is 14.3 Å². The van der Waals surface area contributed by atoms with Gasteiger partial charge in [-0.1, -0.05) is 18.2 Å². The second kappa shape index (κ2) is 8.37. The number of aryl methyl sites for hydroxylation is 2. The van der Waals surface area contributed by atoms with Crippen LogP contribution >= 0.6 is 11.3 Å². The van der Waals surface area contributed by atoms with E-state index in [1.165, 1.54) is 26.9 Å². The number of halogens is 1. The number of fused-ring (bicyclic) bond motifs is 1. The van der Waals surface area contributed by atoms with Crippen molar-refractivity contribution in [3.8, 4) is 0 Å². The number of nitrogens with zero attached hydrogens (tertiary/aromatic N) is 4. The maximum atomic E-state index is 12.9. The van der Waals surface area contributed by atoms with Crippen molar-refractivity contribution in [3.05, 3.63) is 74.4 Å². The van der Waals surface area contributed by atoms with Crippen LogP contribution in [0.4, 0.5) is 15.8 Å². The second-order valence-electron chi connectivity index (χ2n) is 7.26. The smallest absolute Gasteiger partial charge is 0.327 e. The summed E-state index contributed by atoms with van der Waals surface area (Å²) in [6.07, 6.45) is 3.00. The molecule has 30 heavy (non-hydrogen) atoms. The van der Waals surface area contributed by atoms with E-state index >= 15 is 0 Å². The Labute approximate surface area is 176 Å². The van der Waals surface area contributed by atoms with Crippen molar-refractivity contribution < 1.29 is 9.18 Å². The first-order chi connectivity index (χ1) is 14.5. The van der Waals surface area contributed by atoms with E-state index in [4.69, 9.17) is 5.73 Å². The average Bonchev–Trinajstić information content (AvgIpc) is 3.34. The number of carbonyl (C=O) groups is 1. The van der Waals surface area contributed by atoms with Crippen molar-refractivity contribution in [2.75, 3.05) is 11.4 Å². The summed E-state index contributed by atoms with van der Waals surface area (Å²) in [6, 6.07) is 6.06. The Kier molecular flexibility index (Phi) is 5.65. The quantitative estimate of drug-likeness (QED) is 0.655. The number of anilines is 2. The molecule has 0 bridgehead atoms. The molecule has 1 aromatic carbocycles. The minimum absolute atomic E-state index is 0.00646. The van der Waals surface area contributed by atoms with Gasteiger partial charge in [0.05, 0.1) is 30.8 Å². The number of rotatable bonds is 6. The third kappa shape index (κ3) is 3.61. The van der Waals surface area contributed by atoms with Gasteiger partial charge in [0.25, 0.3) is 0 Å². The van der Waals surface area contributed by atoms with E-state index in [-0.39, 0.29) is 36.8 Å². The lowest BCUT2D eigenvalue weighted by atomic mass is 9.97. The standard InChI is InChI=1S/C21H22FN5O2S/c1-14-3-2-4-16-5-6-19(28)27(20(14)16)18-12-30-11-17(18)10-25-13-24-26(21(25)29)9-15(7-22)8-23/h2-4,7,11-13H,5-6,8-10,23H2,1H3/b15-7+. The van der Waals surface area contributed by atoms with Gasteiger partial charge in [0.2, 0.25) is 5.91 Å². The SMILES string of the molecule is Cc1cccc2c1N(c1cscc1Cn1cnn(C/C(=C/F)CN)c1=O)C(=O)CC2. The number of amides is 1. The van der Waals surface area contributed by atoms with Gasteiger partial charge >= 0.3 is 5.69 Å². The van der Waals surface area contributed by atoms with Crippen molar-refractivity contribution >= 4 is 28.6 Å². The molecule has 4 rings (SSSR count). The van der Waals surface area contributed by atoms with Crippen LogP contribution in [0.5, 0.6) is 0 Å². The molecule has 3 aromatic rings. The Morgan fingerprint density at radius 1 is 1.30 bits per heavy atom. The molecule has 0 aliphatic carbocycles. The minimum Gasteiger partial charge on any atom is -0.327 e. The van der Waals surface area contributed by atoms with Gasteiger partial charge in [0.15, 0.2) is 0 Å². The van der Waals surface area contributed by atoms with Crippen molar-refractivity contribution in [2.24, 2.45) is 5.73 Å². The third-order valence-electron chi connectivity index (χ3n) is 5.27. The van der Waals surface area contributed by atoms with E-state index in [1.807, 2.05) is 29.8 Å². The Hall–Kier alpha value is -3.04. The molecule has 3 heterocycles. The first-order valence-electron chi connectivity index (χ1n) is 9.60. The van der Waals surface area contributed by atoms with Gasteiger partial charge in [-0.05, 0) is 35.4 Å². The zero-order valence-electron chi connectivity index (χ0n) is 16.5. The highest BCUT2D eigenvalue weighted by Crippen LogP contribution is 2.39. The number of hydrogen-bond donors (Lipinski definition) is 1. The highest BCUT2D eigenvalue weighted by Gasteiger charge is 2.29. The molecule has 0 spiro atoms. The summed E-state index contributed by atoms with van der Waals surface area (Å²) in [7, 11) is 0. The topological polar surface area (TPSA) is 86.2 Å². The minimum atomic E-state index is -0.360. The van der Waals surface area contributed by atoms with E-state index in [0.717, 1.165) is 34.5 Å². The van der Waals surface area contributed by atoms with Crippen molar-refractivity contribution in [1.29, 1.82) is 0 Å². The summed E-state index contributed by atoms with van der Waals surface area (Å²) in [4.78, 5) is 27.3. The molecular formula is C21H22FN5O2S. The normalized spacial score (nSPS) is 14.3. The lowest BCUT2D eigenvalue weighted by Crippen LogP contribution is -2.32. The molecule has 0 fully saturated rings. The molecule has 0 unspecified atom stereocenters. The average molecular weight is 428 g/mol. The van der Waals surface area contributed by atoms with E-state index in [1.54, 1.807) is 4.90 Å². The Morgan fingerprint density at radius 2 is 2.13 bits per heavy atom. The highest BCUT2D eigenvalue weighted by molar-refractivity contribution is 7.08. The van der Waals surface area contributed by atoms with Crippen LogP contribution in [0.2, 0.25) is 0 Å². The lowest BCUT2D eigenvalue weighted by Gasteiger charge is -2.31. The number of carbonyl (C=O) groups excluding carboxylic acids is 1. The van der Waals surface area contributed by atoms with Crippen molar-refractivity contribution in [2.45, 2.75) is 32.9 Å². The van der Waals surface area contributed by atoms with Gasteiger partial charge in [-0.3, -0.25) is 14.3 Å². The van der Waals surface area contributed by atoms with Crippen LogP contribution in [-0.2, 0) is 24.3 Å². The molecule has 1 amide bonds. The largest absolute Gasteiger partial charge is 0.346 e. The molecule has 1 aliphatic rings. The Bertz CT molecular complexity index is 1180. The summed E-state index contributed by atoms with van der Waals surface area (Å²) in [5.41, 5.74) is 10.1. The fourth-order valence-corrected chi connectivity index (χ4v) is 4.53. The summed E-state index contributed by atoms with van der Waals surface area (Å²) < 4.78 is 15.4. The van der Waals surface area contributed by atoms with E-state index in [0.29, 0.717) is 12.8 Å². The van der Waals surface area contributed by atoms with Crippen LogP contribution in [0, 0.1) is 6.92 Å². The Morgan fingerprint density at radius 3 is 2.90 bits per heavy atom. The predicted octanol–water partition coefficient (Wildman–Crippen LogP) is 2.89. The zero-order chi connectivity index (χ0) is 21.3. The van der Waals surface area contributed by atoms with Crippen molar-refractivity contribution in [3.63, 3.8) is 0 Å². The predicted molar refractivity (Wildman–Crippen MR) is 115 cm³/mol. The van der Waals surface area contributed by atoms with Gasteiger partial charge in [-0.15, -0.1) is 11.3 Å². The van der Waals surface area contributed by atoms with Gasteiger partial charge < -0.3 is 5.73 Å². The summed E-state index contributed by atoms with van der Waals surface area (Å²) >= 11 is 1.48. The van der Waals surface area contributed by atoms with Crippen LogP contribution in [0.15, 0.2) is 52.0 Å². The van der Waals surface area contributed by atoms with Gasteiger partial charge in [-0.25, -0.2) is 13.9 Å². The molecule has 0 atom stereocenters. The molecule has 9 heteroatoms. The second-order valence-corrected chi connectivity index (χ2v) is 8.01. The molecule has 1 aliphatic heterocycles. The molecule has 0 radical (unpaired) electrons. The summed E-state index contributed by atoms with van der Waals surface area (Å²) in [6.45, 7) is 2.28. The lowest BCUT2D eigenvalue weighted by molar-refractivity contribution is -0.118. The molecule has 2 aromatic heterocycles. The number of thiophene rings is 1. The molecular weight excluding hydrogens is 405 g/mol. The number of hydrogen-bond acceptors (Lipinski definition) is 5. The number of aromatic nitrogens is 3. The summed E-state index contributed by atoms with van der Waals surface area (Å²) in [5.74, 6) is 0.0418. The van der Waals surface area contributed by atoms with Gasteiger partial charge in [-0.2, -0.15) is 5.10 Å².